The number of pyridine rings is 1. The second kappa shape index (κ2) is 5.98. The minimum atomic E-state index is 0.590. The van der Waals surface area contributed by atoms with Gasteiger partial charge in [0.1, 0.15) is 5.82 Å². The van der Waals surface area contributed by atoms with E-state index in [1.807, 2.05) is 12.3 Å². The Bertz CT molecular complexity index is 331. The van der Waals surface area contributed by atoms with Crippen LogP contribution in [0.3, 0.4) is 0 Å². The van der Waals surface area contributed by atoms with E-state index in [-0.39, 0.29) is 0 Å². The first-order chi connectivity index (χ1) is 8.28. The first-order valence-electron chi connectivity index (χ1n) is 6.19. The van der Waals surface area contributed by atoms with Crippen LogP contribution in [0.25, 0.3) is 0 Å². The van der Waals surface area contributed by atoms with Crippen LogP contribution in [0, 0.1) is 5.92 Å². The van der Waals surface area contributed by atoms with Gasteiger partial charge in [0.05, 0.1) is 0 Å². The van der Waals surface area contributed by atoms with E-state index in [9.17, 15) is 0 Å². The van der Waals surface area contributed by atoms with Gasteiger partial charge in [0.2, 0.25) is 0 Å². The third-order valence-electron chi connectivity index (χ3n) is 3.36. The first kappa shape index (κ1) is 12.3. The quantitative estimate of drug-likeness (QED) is 0.859. The average Bonchev–Trinajstić information content (AvgIpc) is 2.35. The van der Waals surface area contributed by atoms with Crippen LogP contribution in [0.4, 0.5) is 5.82 Å². The minimum absolute atomic E-state index is 0.590. The number of nitrogens with two attached hydrogens (primary N) is 1. The molecule has 0 aromatic carbocycles. The zero-order chi connectivity index (χ0) is 12.1. The number of piperidine rings is 1. The summed E-state index contributed by atoms with van der Waals surface area (Å²) in [6.45, 7) is 4.18. The molecule has 0 atom stereocenters. The fourth-order valence-corrected chi connectivity index (χ4v) is 2.33. The highest BCUT2D eigenvalue weighted by molar-refractivity contribution is 5.29. The standard InChI is InChI=1S/C13H21N3O/c1-17-10-11-4-6-16(7-5-11)9-12-2-3-13(14)15-8-12/h2-3,8,11H,4-7,9-10H2,1H3,(H2,14,15). The van der Waals surface area contributed by atoms with E-state index in [1.165, 1.54) is 18.4 Å². The molecule has 0 unspecified atom stereocenters. The van der Waals surface area contributed by atoms with Crippen LogP contribution in [0.2, 0.25) is 0 Å². The molecule has 0 spiro atoms. The molecule has 1 fully saturated rings. The lowest BCUT2D eigenvalue weighted by molar-refractivity contribution is 0.0968. The molecule has 2 heterocycles. The molecular formula is C13H21N3O. The van der Waals surface area contributed by atoms with Gasteiger partial charge >= 0.3 is 0 Å². The third kappa shape index (κ3) is 3.68. The van der Waals surface area contributed by atoms with Crippen LogP contribution in [0.15, 0.2) is 18.3 Å². The monoisotopic (exact) mass is 235 g/mol. The van der Waals surface area contributed by atoms with Crippen molar-refractivity contribution in [2.45, 2.75) is 19.4 Å². The van der Waals surface area contributed by atoms with Crippen LogP contribution in [-0.4, -0.2) is 36.7 Å². The van der Waals surface area contributed by atoms with Gasteiger partial charge in [-0.25, -0.2) is 4.98 Å². The van der Waals surface area contributed by atoms with E-state index in [0.717, 1.165) is 32.2 Å². The fraction of sp³-hybridized carbons (Fsp3) is 0.615. The second-order valence-electron chi connectivity index (χ2n) is 4.77. The Morgan fingerprint density at radius 3 is 2.76 bits per heavy atom. The molecule has 1 aliphatic rings. The molecule has 4 heteroatoms. The van der Waals surface area contributed by atoms with E-state index < -0.39 is 0 Å². The van der Waals surface area contributed by atoms with Gasteiger partial charge in [-0.2, -0.15) is 0 Å². The first-order valence-corrected chi connectivity index (χ1v) is 6.19. The van der Waals surface area contributed by atoms with Crippen molar-refractivity contribution < 1.29 is 4.74 Å². The van der Waals surface area contributed by atoms with Crippen molar-refractivity contribution in [2.75, 3.05) is 32.5 Å². The lowest BCUT2D eigenvalue weighted by Crippen LogP contribution is -2.34. The average molecular weight is 235 g/mol. The van der Waals surface area contributed by atoms with Crippen molar-refractivity contribution >= 4 is 5.82 Å². The van der Waals surface area contributed by atoms with E-state index in [4.69, 9.17) is 10.5 Å². The molecule has 17 heavy (non-hydrogen) atoms. The molecular weight excluding hydrogens is 214 g/mol. The highest BCUT2D eigenvalue weighted by Crippen LogP contribution is 2.19. The Balaban J connectivity index is 1.79. The van der Waals surface area contributed by atoms with Crippen LogP contribution >= 0.6 is 0 Å². The topological polar surface area (TPSA) is 51.4 Å². The van der Waals surface area contributed by atoms with Gasteiger partial charge in [0.25, 0.3) is 0 Å². The summed E-state index contributed by atoms with van der Waals surface area (Å²) in [5.41, 5.74) is 6.81. The minimum Gasteiger partial charge on any atom is -0.384 e. The summed E-state index contributed by atoms with van der Waals surface area (Å²) in [6, 6.07) is 3.93. The number of hydrogen-bond donors (Lipinski definition) is 1. The molecule has 1 aliphatic heterocycles. The van der Waals surface area contributed by atoms with Crippen LogP contribution in [-0.2, 0) is 11.3 Å². The number of nitrogens with zero attached hydrogens (tertiary/aromatic N) is 2. The summed E-state index contributed by atoms with van der Waals surface area (Å²) >= 11 is 0. The number of hydrogen-bond acceptors (Lipinski definition) is 4. The number of methoxy groups -OCH3 is 1. The number of aromatic nitrogens is 1. The molecule has 1 aromatic heterocycles. The smallest absolute Gasteiger partial charge is 0.123 e. The van der Waals surface area contributed by atoms with Gasteiger partial charge in [-0.15, -0.1) is 0 Å². The van der Waals surface area contributed by atoms with Crippen LogP contribution in [0.1, 0.15) is 18.4 Å². The number of ether oxygens (including phenoxy) is 1. The SMILES string of the molecule is COCC1CCN(Cc2ccc(N)nc2)CC1. The lowest BCUT2D eigenvalue weighted by Gasteiger charge is -2.31. The number of likely N-dealkylation sites (tertiary alicyclic amines) is 1. The van der Waals surface area contributed by atoms with Gasteiger partial charge in [-0.05, 0) is 43.5 Å². The highest BCUT2D eigenvalue weighted by Gasteiger charge is 2.18. The Labute approximate surface area is 103 Å². The summed E-state index contributed by atoms with van der Waals surface area (Å²) in [6.07, 6.45) is 4.34. The molecule has 0 bridgehead atoms. The van der Waals surface area contributed by atoms with E-state index in [0.29, 0.717) is 5.82 Å². The van der Waals surface area contributed by atoms with Crippen LogP contribution in [0.5, 0.6) is 0 Å². The van der Waals surface area contributed by atoms with Crippen LogP contribution < -0.4 is 5.73 Å². The largest absolute Gasteiger partial charge is 0.384 e. The zero-order valence-corrected chi connectivity index (χ0v) is 10.4. The predicted molar refractivity (Wildman–Crippen MR) is 68.5 cm³/mol. The van der Waals surface area contributed by atoms with Gasteiger partial charge in [0, 0.05) is 26.5 Å². The van der Waals surface area contributed by atoms with E-state index >= 15 is 0 Å². The molecule has 0 radical (unpaired) electrons. The molecule has 0 amide bonds. The summed E-state index contributed by atoms with van der Waals surface area (Å²) in [7, 11) is 1.78. The second-order valence-corrected chi connectivity index (χ2v) is 4.77. The predicted octanol–water partition coefficient (Wildman–Crippen LogP) is 1.52. The third-order valence-corrected chi connectivity index (χ3v) is 3.36. The van der Waals surface area contributed by atoms with Gasteiger partial charge in [0.15, 0.2) is 0 Å². The van der Waals surface area contributed by atoms with Crippen molar-refractivity contribution in [1.29, 1.82) is 0 Å². The summed E-state index contributed by atoms with van der Waals surface area (Å²) in [5, 5.41) is 0. The van der Waals surface area contributed by atoms with Crippen molar-refractivity contribution in [3.8, 4) is 0 Å². The highest BCUT2D eigenvalue weighted by atomic mass is 16.5. The molecule has 1 aromatic rings. The Kier molecular flexibility index (Phi) is 4.34. The van der Waals surface area contributed by atoms with Gasteiger partial charge in [-0.1, -0.05) is 6.07 Å². The molecule has 94 valence electrons. The Morgan fingerprint density at radius 1 is 1.41 bits per heavy atom. The van der Waals surface area contributed by atoms with E-state index in [1.54, 1.807) is 7.11 Å². The number of nitrogen functional groups attached to an aromatic ring is 1. The van der Waals surface area contributed by atoms with E-state index in [2.05, 4.69) is 16.0 Å². The van der Waals surface area contributed by atoms with Crippen molar-refractivity contribution in [1.82, 2.24) is 9.88 Å². The van der Waals surface area contributed by atoms with Gasteiger partial charge in [-0.3, -0.25) is 4.90 Å². The summed E-state index contributed by atoms with van der Waals surface area (Å²) in [4.78, 5) is 6.59. The molecule has 0 aliphatic carbocycles. The summed E-state index contributed by atoms with van der Waals surface area (Å²) in [5.74, 6) is 1.33. The number of rotatable bonds is 4. The molecule has 2 rings (SSSR count). The molecule has 4 nitrogen and oxygen atoms in total. The van der Waals surface area contributed by atoms with Crippen molar-refractivity contribution in [2.24, 2.45) is 5.92 Å². The normalized spacial score (nSPS) is 18.4. The van der Waals surface area contributed by atoms with Gasteiger partial charge < -0.3 is 10.5 Å². The van der Waals surface area contributed by atoms with Crippen molar-refractivity contribution in [3.05, 3.63) is 23.9 Å². The number of anilines is 1. The van der Waals surface area contributed by atoms with Crippen molar-refractivity contribution in [3.63, 3.8) is 0 Å². The molecule has 0 saturated carbocycles. The fourth-order valence-electron chi connectivity index (χ4n) is 2.33. The summed E-state index contributed by atoms with van der Waals surface area (Å²) < 4.78 is 5.21. The zero-order valence-electron chi connectivity index (χ0n) is 10.4. The Morgan fingerprint density at radius 2 is 2.18 bits per heavy atom. The maximum atomic E-state index is 5.57. The molecule has 2 N–H and O–H groups in total. The maximum absolute atomic E-state index is 5.57. The molecule has 1 saturated heterocycles. The maximum Gasteiger partial charge on any atom is 0.123 e. The lowest BCUT2D eigenvalue weighted by atomic mass is 9.97. The Hall–Kier alpha value is -1.13.